The summed E-state index contributed by atoms with van der Waals surface area (Å²) >= 11 is 0. The molecule has 21 heavy (non-hydrogen) atoms. The second kappa shape index (κ2) is 5.94. The van der Waals surface area contributed by atoms with Gasteiger partial charge in [-0.1, -0.05) is 49.9 Å². The van der Waals surface area contributed by atoms with Gasteiger partial charge in [-0.15, -0.1) is 0 Å². The van der Waals surface area contributed by atoms with Crippen LogP contribution in [0.25, 0.3) is 10.8 Å². The third-order valence-corrected chi connectivity index (χ3v) is 4.63. The molecule has 110 valence electrons. The van der Waals surface area contributed by atoms with Crippen molar-refractivity contribution in [2.45, 2.75) is 44.1 Å². The number of hydrogen-bond acceptors (Lipinski definition) is 3. The summed E-state index contributed by atoms with van der Waals surface area (Å²) in [5.74, 6) is 0.0937. The Kier molecular flexibility index (Phi) is 4.02. The molecule has 1 aromatic carbocycles. The lowest BCUT2D eigenvalue weighted by Crippen LogP contribution is -2.40. The van der Waals surface area contributed by atoms with Crippen LogP contribution in [0.5, 0.6) is 0 Å². The quantitative estimate of drug-likeness (QED) is 0.627. The molecule has 1 heterocycles. The highest BCUT2D eigenvalue weighted by atomic mass is 16.5. The molecule has 1 aliphatic rings. The van der Waals surface area contributed by atoms with Gasteiger partial charge in [0.25, 0.3) is 0 Å². The van der Waals surface area contributed by atoms with Crippen LogP contribution in [0.4, 0.5) is 0 Å². The van der Waals surface area contributed by atoms with Gasteiger partial charge < -0.3 is 4.74 Å². The maximum Gasteiger partial charge on any atom is 0.196 e. The van der Waals surface area contributed by atoms with Crippen LogP contribution in [-0.4, -0.2) is 23.5 Å². The lowest BCUT2D eigenvalue weighted by atomic mass is 9.85. The monoisotopic (exact) mass is 283 g/mol. The Labute approximate surface area is 125 Å². The van der Waals surface area contributed by atoms with Gasteiger partial charge in [0, 0.05) is 30.5 Å². The highest BCUT2D eigenvalue weighted by Crippen LogP contribution is 2.34. The number of ether oxygens (including phenoxy) is 1. The van der Waals surface area contributed by atoms with E-state index >= 15 is 0 Å². The molecule has 0 spiro atoms. The zero-order chi connectivity index (χ0) is 14.7. The minimum atomic E-state index is -0.664. The van der Waals surface area contributed by atoms with Crippen LogP contribution in [0.1, 0.15) is 48.9 Å². The van der Waals surface area contributed by atoms with Gasteiger partial charge in [0.1, 0.15) is 5.60 Å². The van der Waals surface area contributed by atoms with Crippen molar-refractivity contribution in [3.8, 4) is 0 Å². The van der Waals surface area contributed by atoms with Gasteiger partial charge >= 0.3 is 0 Å². The van der Waals surface area contributed by atoms with Crippen molar-refractivity contribution in [2.24, 2.45) is 0 Å². The molecule has 0 amide bonds. The summed E-state index contributed by atoms with van der Waals surface area (Å²) in [4.78, 5) is 17.4. The molecule has 0 saturated heterocycles. The maximum atomic E-state index is 13.2. The van der Waals surface area contributed by atoms with Crippen LogP contribution in [-0.2, 0) is 4.74 Å². The molecule has 2 aromatic rings. The molecule has 1 fully saturated rings. The molecular formula is C18H21NO2. The Hall–Kier alpha value is -1.74. The Balaban J connectivity index is 2.06. The Morgan fingerprint density at radius 2 is 1.81 bits per heavy atom. The van der Waals surface area contributed by atoms with E-state index in [1.165, 1.54) is 12.8 Å². The summed E-state index contributed by atoms with van der Waals surface area (Å²) in [5.41, 5.74) is 0.0271. The van der Waals surface area contributed by atoms with Crippen molar-refractivity contribution in [1.29, 1.82) is 0 Å². The standard InChI is InChI=1S/C18H21NO2/c1-21-18(10-6-2-3-7-11-18)17(20)16-13-19-12-14-8-4-5-9-15(14)16/h4-5,8-9,12-13H,2-3,6-7,10-11H2,1H3. The van der Waals surface area contributed by atoms with Crippen molar-refractivity contribution >= 4 is 16.6 Å². The number of fused-ring (bicyclic) bond motifs is 1. The van der Waals surface area contributed by atoms with E-state index < -0.39 is 5.60 Å². The van der Waals surface area contributed by atoms with E-state index in [1.807, 2.05) is 24.3 Å². The number of Topliss-reactive ketones (excluding diaryl/α,β-unsaturated/α-hetero) is 1. The number of methoxy groups -OCH3 is 1. The molecule has 3 heteroatoms. The molecule has 1 aliphatic carbocycles. The van der Waals surface area contributed by atoms with E-state index in [0.717, 1.165) is 36.5 Å². The van der Waals surface area contributed by atoms with Gasteiger partial charge in [-0.25, -0.2) is 0 Å². The van der Waals surface area contributed by atoms with Crippen molar-refractivity contribution < 1.29 is 9.53 Å². The molecule has 0 atom stereocenters. The molecular weight excluding hydrogens is 262 g/mol. The summed E-state index contributed by atoms with van der Waals surface area (Å²) in [6.45, 7) is 0. The van der Waals surface area contributed by atoms with E-state index in [-0.39, 0.29) is 5.78 Å². The smallest absolute Gasteiger partial charge is 0.196 e. The zero-order valence-electron chi connectivity index (χ0n) is 12.5. The molecule has 0 bridgehead atoms. The topological polar surface area (TPSA) is 39.2 Å². The first-order valence-electron chi connectivity index (χ1n) is 7.69. The average molecular weight is 283 g/mol. The molecule has 0 N–H and O–H groups in total. The van der Waals surface area contributed by atoms with Crippen LogP contribution in [0.2, 0.25) is 0 Å². The van der Waals surface area contributed by atoms with E-state index in [9.17, 15) is 4.79 Å². The van der Waals surface area contributed by atoms with E-state index in [4.69, 9.17) is 4.74 Å². The lowest BCUT2D eigenvalue weighted by molar-refractivity contribution is -0.00681. The van der Waals surface area contributed by atoms with Crippen LogP contribution in [0, 0.1) is 0 Å². The Bertz CT molecular complexity index is 637. The third kappa shape index (κ3) is 2.58. The van der Waals surface area contributed by atoms with Gasteiger partial charge in [0.2, 0.25) is 0 Å². The number of ketones is 1. The van der Waals surface area contributed by atoms with E-state index in [2.05, 4.69) is 4.98 Å². The maximum absolute atomic E-state index is 13.2. The predicted molar refractivity (Wildman–Crippen MR) is 83.5 cm³/mol. The normalized spacial score (nSPS) is 18.3. The first-order valence-corrected chi connectivity index (χ1v) is 7.69. The summed E-state index contributed by atoms with van der Waals surface area (Å²) < 4.78 is 5.75. The van der Waals surface area contributed by atoms with Crippen LogP contribution >= 0.6 is 0 Å². The van der Waals surface area contributed by atoms with Crippen LogP contribution in [0.15, 0.2) is 36.7 Å². The van der Waals surface area contributed by atoms with Gasteiger partial charge in [-0.05, 0) is 18.2 Å². The second-order valence-electron chi connectivity index (χ2n) is 5.85. The first kappa shape index (κ1) is 14.2. The van der Waals surface area contributed by atoms with Crippen LogP contribution < -0.4 is 0 Å². The largest absolute Gasteiger partial charge is 0.370 e. The lowest BCUT2D eigenvalue weighted by Gasteiger charge is -2.30. The molecule has 3 nitrogen and oxygen atoms in total. The number of carbonyl (C=O) groups excluding carboxylic acids is 1. The van der Waals surface area contributed by atoms with Crippen molar-refractivity contribution in [2.75, 3.05) is 7.11 Å². The number of benzene rings is 1. The Morgan fingerprint density at radius 1 is 1.10 bits per heavy atom. The van der Waals surface area contributed by atoms with Gasteiger partial charge in [-0.2, -0.15) is 0 Å². The van der Waals surface area contributed by atoms with E-state index in [1.54, 1.807) is 19.5 Å². The molecule has 3 rings (SSSR count). The summed E-state index contributed by atoms with van der Waals surface area (Å²) in [6, 6.07) is 7.91. The highest BCUT2D eigenvalue weighted by molar-refractivity contribution is 6.11. The average Bonchev–Trinajstić information content (AvgIpc) is 2.80. The summed E-state index contributed by atoms with van der Waals surface area (Å²) in [7, 11) is 1.67. The number of hydrogen-bond donors (Lipinski definition) is 0. The number of aromatic nitrogens is 1. The zero-order valence-corrected chi connectivity index (χ0v) is 12.5. The molecule has 1 aromatic heterocycles. The second-order valence-corrected chi connectivity index (χ2v) is 5.85. The number of nitrogens with zero attached hydrogens (tertiary/aromatic N) is 1. The summed E-state index contributed by atoms with van der Waals surface area (Å²) in [6.07, 6.45) is 9.60. The first-order chi connectivity index (χ1) is 10.3. The molecule has 0 radical (unpaired) electrons. The number of carbonyl (C=O) groups is 1. The number of pyridine rings is 1. The van der Waals surface area contributed by atoms with Crippen molar-refractivity contribution in [3.63, 3.8) is 0 Å². The predicted octanol–water partition coefficient (Wildman–Crippen LogP) is 4.16. The Morgan fingerprint density at radius 3 is 2.52 bits per heavy atom. The molecule has 0 aliphatic heterocycles. The van der Waals surface area contributed by atoms with Gasteiger partial charge in [0.15, 0.2) is 5.78 Å². The molecule has 0 unspecified atom stereocenters. The number of rotatable bonds is 3. The van der Waals surface area contributed by atoms with Crippen molar-refractivity contribution in [1.82, 2.24) is 4.98 Å². The van der Waals surface area contributed by atoms with Crippen molar-refractivity contribution in [3.05, 3.63) is 42.2 Å². The fourth-order valence-corrected chi connectivity index (χ4v) is 3.37. The fraction of sp³-hybridized carbons (Fsp3) is 0.444. The van der Waals surface area contributed by atoms with Gasteiger partial charge in [0.05, 0.1) is 0 Å². The van der Waals surface area contributed by atoms with Gasteiger partial charge in [-0.3, -0.25) is 9.78 Å². The highest BCUT2D eigenvalue weighted by Gasteiger charge is 2.39. The minimum absolute atomic E-state index is 0.0937. The van der Waals surface area contributed by atoms with E-state index in [0.29, 0.717) is 5.56 Å². The minimum Gasteiger partial charge on any atom is -0.370 e. The fourth-order valence-electron chi connectivity index (χ4n) is 3.37. The SMILES string of the molecule is COC1(C(=O)c2cncc3ccccc23)CCCCCC1. The molecule has 1 saturated carbocycles. The summed E-state index contributed by atoms with van der Waals surface area (Å²) in [5, 5.41) is 1.97. The third-order valence-electron chi connectivity index (χ3n) is 4.63. The van der Waals surface area contributed by atoms with Crippen LogP contribution in [0.3, 0.4) is 0 Å².